The monoisotopic (exact) mass is 838 g/mol. The Labute approximate surface area is 315 Å². The van der Waals surface area contributed by atoms with Gasteiger partial charge in [-0.1, -0.05) is 0 Å². The third-order valence-electron chi connectivity index (χ3n) is 5.01. The molecule has 0 aromatic heterocycles. The van der Waals surface area contributed by atoms with Gasteiger partial charge in [-0.2, -0.15) is 4.31 Å². The molecular weight excluding hydrogens is 779 g/mol. The first kappa shape index (κ1) is 55.3. The predicted molar refractivity (Wildman–Crippen MR) is 193 cm³/mol. The molecule has 0 saturated carbocycles. The highest BCUT2D eigenvalue weighted by Crippen LogP contribution is 2.52. The number of esters is 2. The van der Waals surface area contributed by atoms with Gasteiger partial charge in [-0.3, -0.25) is 4.57 Å². The fraction of sp³-hybridized carbons (Fsp3) is 0.839. The van der Waals surface area contributed by atoms with Crippen molar-refractivity contribution in [2.75, 3.05) is 33.0 Å². The van der Waals surface area contributed by atoms with E-state index >= 15 is 0 Å². The number of hydrogen-bond acceptors (Lipinski definition) is 13. The number of nitrogens with zero attached hydrogens (tertiary/aromatic N) is 1. The van der Waals surface area contributed by atoms with E-state index in [1.807, 2.05) is 0 Å². The fourth-order valence-electron chi connectivity index (χ4n) is 2.91. The Morgan fingerprint density at radius 3 is 1.57 bits per heavy atom. The van der Waals surface area contributed by atoms with Gasteiger partial charge in [0.1, 0.15) is 22.3 Å². The Hall–Kier alpha value is -2.00. The highest BCUT2D eigenvalue weighted by Gasteiger charge is 2.45. The van der Waals surface area contributed by atoms with Gasteiger partial charge in [0.2, 0.25) is 12.1 Å². The number of ether oxygens (including phenoxy) is 4. The summed E-state index contributed by atoms with van der Waals surface area (Å²) in [5.41, 5.74) is -1.78. The van der Waals surface area contributed by atoms with E-state index in [9.17, 15) is 44.9 Å². The van der Waals surface area contributed by atoms with E-state index in [-0.39, 0.29) is 39.1 Å². The molecule has 2 N–H and O–H groups in total. The molecular formula is C31H59F4N2O13PS2. The number of carbonyl (C=O) groups excluding carboxylic acids is 3. The van der Waals surface area contributed by atoms with Gasteiger partial charge in [-0.25, -0.2) is 45.1 Å². The summed E-state index contributed by atoms with van der Waals surface area (Å²) in [4.78, 5) is 36.5. The van der Waals surface area contributed by atoms with Crippen molar-refractivity contribution in [1.82, 2.24) is 9.03 Å². The van der Waals surface area contributed by atoms with E-state index in [0.717, 1.165) is 0 Å². The molecule has 22 heteroatoms. The topological polar surface area (TPSA) is 193 Å². The number of rotatable bonds is 17. The molecule has 0 radical (unpaired) electrons. The Balaban J connectivity index is -0.000000787. The second-order valence-electron chi connectivity index (χ2n) is 13.0. The van der Waals surface area contributed by atoms with Crippen LogP contribution in [0.25, 0.3) is 0 Å². The minimum absolute atomic E-state index is 0.0935. The molecule has 0 fully saturated rings. The second kappa shape index (κ2) is 26.0. The van der Waals surface area contributed by atoms with Crippen LogP contribution in [0.2, 0.25) is 0 Å². The Bertz CT molecular complexity index is 1230. The summed E-state index contributed by atoms with van der Waals surface area (Å²) in [7, 11) is -7.60. The van der Waals surface area contributed by atoms with E-state index < -0.39 is 93.3 Å². The number of halogens is 4. The van der Waals surface area contributed by atoms with E-state index in [2.05, 4.69) is 9.46 Å². The number of aliphatic hydroxyl groups excluding tert-OH is 1. The number of allylic oxidation sites excluding steroid dienone is 1. The lowest BCUT2D eigenvalue weighted by molar-refractivity contribution is -0.172. The quantitative estimate of drug-likeness (QED) is 0.0421. The highest BCUT2D eigenvalue weighted by molar-refractivity contribution is 7.85. The SMILES string of the molecule is CCOC(=O)C(=CC(F)F)N(C(=O)OC(C)(C)C)[S@](=O)C(C)(C)C.CCOC(=O)C(N[S@](=O)C(C)(C)C)P(=O)(OCC)OCC.CCOC(O)C(F)F. The number of alkyl halides is 4. The minimum atomic E-state index is -3.82. The minimum Gasteiger partial charge on any atom is -0.464 e. The van der Waals surface area contributed by atoms with Gasteiger partial charge in [-0.15, -0.1) is 0 Å². The first-order valence-electron chi connectivity index (χ1n) is 16.4. The normalized spacial score (nSPS) is 14.8. The summed E-state index contributed by atoms with van der Waals surface area (Å²) >= 11 is 0. The average Bonchev–Trinajstić information content (AvgIpc) is 2.98. The Morgan fingerprint density at radius 1 is 0.792 bits per heavy atom. The molecule has 15 nitrogen and oxygen atoms in total. The van der Waals surface area contributed by atoms with Crippen LogP contribution in [0.4, 0.5) is 22.4 Å². The number of carbonyl (C=O) groups is 3. The van der Waals surface area contributed by atoms with E-state index in [0.29, 0.717) is 4.31 Å². The van der Waals surface area contributed by atoms with Crippen LogP contribution in [0.5, 0.6) is 0 Å². The second-order valence-corrected chi connectivity index (χ2v) is 19.2. The van der Waals surface area contributed by atoms with Crippen LogP contribution in [-0.4, -0.2) is 109 Å². The van der Waals surface area contributed by atoms with Crippen molar-refractivity contribution in [3.63, 3.8) is 0 Å². The molecule has 0 aliphatic heterocycles. The lowest BCUT2D eigenvalue weighted by Crippen LogP contribution is -2.45. The maximum atomic E-state index is 12.8. The maximum Gasteiger partial charge on any atom is 0.427 e. The molecule has 0 aromatic carbocycles. The van der Waals surface area contributed by atoms with Gasteiger partial charge >= 0.3 is 25.6 Å². The molecule has 0 aliphatic rings. The Kier molecular flexibility index (Phi) is 27.1. The van der Waals surface area contributed by atoms with Crippen molar-refractivity contribution in [2.24, 2.45) is 0 Å². The lowest BCUT2D eigenvalue weighted by Gasteiger charge is -2.31. The number of amides is 1. The number of hydrogen-bond donors (Lipinski definition) is 2. The molecule has 0 saturated heterocycles. The molecule has 53 heavy (non-hydrogen) atoms. The van der Waals surface area contributed by atoms with Crippen molar-refractivity contribution in [3.8, 4) is 0 Å². The molecule has 1 amide bonds. The van der Waals surface area contributed by atoms with Crippen molar-refractivity contribution in [1.29, 1.82) is 0 Å². The number of aliphatic hydroxyl groups is 1. The predicted octanol–water partition coefficient (Wildman–Crippen LogP) is 6.20. The molecule has 4 atom stereocenters. The van der Waals surface area contributed by atoms with Crippen molar-refractivity contribution in [2.45, 2.75) is 137 Å². The van der Waals surface area contributed by atoms with Crippen molar-refractivity contribution < 1.29 is 78.0 Å². The molecule has 0 rings (SSSR count). The summed E-state index contributed by atoms with van der Waals surface area (Å²) in [5.74, 6) is -3.40. The maximum absolute atomic E-state index is 12.8. The zero-order valence-corrected chi connectivity index (χ0v) is 35.5. The highest BCUT2D eigenvalue weighted by atomic mass is 32.2. The van der Waals surface area contributed by atoms with Gasteiger partial charge in [0.05, 0.1) is 46.9 Å². The largest absolute Gasteiger partial charge is 0.464 e. The first-order chi connectivity index (χ1) is 24.0. The molecule has 0 bridgehead atoms. The zero-order valence-electron chi connectivity index (χ0n) is 33.0. The fourth-order valence-corrected chi connectivity index (χ4v) is 6.82. The van der Waals surface area contributed by atoms with Gasteiger partial charge in [0.25, 0.3) is 12.9 Å². The standard InChI is InChI=1S/C15H25F2NO5S.C12H26NO6PS.C4H8F2O2/c1-8-22-12(19)10(9-11(16)17)18(24(21)15(5,6)7)13(20)23-14(2,3)4;1-7-17-11(14)10(13-21(16)12(4,5)6)20(15,18-8-2)19-9-3;1-2-8-4(7)3(5)6/h9,11H,8H2,1-7H3;10,13H,7-9H2,1-6H3;3-4,7H,2H2,1H3/t24-;10?,21-;/m11./s1. The molecule has 0 heterocycles. The smallest absolute Gasteiger partial charge is 0.427 e. The van der Waals surface area contributed by atoms with Gasteiger partial charge in [-0.05, 0) is 96.9 Å². The molecule has 0 spiro atoms. The van der Waals surface area contributed by atoms with Gasteiger partial charge < -0.3 is 33.1 Å². The van der Waals surface area contributed by atoms with E-state index in [4.69, 9.17) is 28.4 Å². The summed E-state index contributed by atoms with van der Waals surface area (Å²) in [6, 6.07) is 0. The number of nitrogens with one attached hydrogen (secondary N) is 1. The van der Waals surface area contributed by atoms with Crippen molar-refractivity contribution in [3.05, 3.63) is 11.8 Å². The van der Waals surface area contributed by atoms with Crippen LogP contribution in [0, 0.1) is 0 Å². The molecule has 0 aromatic rings. The van der Waals surface area contributed by atoms with Crippen LogP contribution in [0.3, 0.4) is 0 Å². The third kappa shape index (κ3) is 23.5. The average molecular weight is 839 g/mol. The zero-order chi connectivity index (χ0) is 42.5. The van der Waals surface area contributed by atoms with Gasteiger partial charge in [0.15, 0.2) is 0 Å². The van der Waals surface area contributed by atoms with Crippen LogP contribution in [0.15, 0.2) is 11.8 Å². The van der Waals surface area contributed by atoms with E-state index in [1.165, 1.54) is 34.6 Å². The Morgan fingerprint density at radius 2 is 1.26 bits per heavy atom. The molecule has 316 valence electrons. The van der Waals surface area contributed by atoms with E-state index in [1.54, 1.807) is 62.3 Å². The summed E-state index contributed by atoms with van der Waals surface area (Å²) in [5, 5.41) is 8.15. The van der Waals surface area contributed by atoms with Crippen LogP contribution >= 0.6 is 7.60 Å². The molecule has 0 aliphatic carbocycles. The van der Waals surface area contributed by atoms with Crippen LogP contribution in [0.1, 0.15) is 96.9 Å². The van der Waals surface area contributed by atoms with Crippen LogP contribution < -0.4 is 4.72 Å². The van der Waals surface area contributed by atoms with Crippen LogP contribution in [-0.2, 0) is 64.1 Å². The van der Waals surface area contributed by atoms with Crippen molar-refractivity contribution >= 4 is 47.6 Å². The third-order valence-corrected chi connectivity index (χ3v) is 10.7. The molecule has 2 unspecified atom stereocenters. The lowest BCUT2D eigenvalue weighted by atomic mass is 10.2. The van der Waals surface area contributed by atoms with Gasteiger partial charge in [0, 0.05) is 12.7 Å². The summed E-state index contributed by atoms with van der Waals surface area (Å²) < 4.78 is 116. The summed E-state index contributed by atoms with van der Waals surface area (Å²) in [6.07, 6.45) is -8.71. The first-order valence-corrected chi connectivity index (χ1v) is 20.3. The summed E-state index contributed by atoms with van der Waals surface area (Å²) in [6.45, 7) is 22.7.